The first-order valence-corrected chi connectivity index (χ1v) is 9.49. The van der Waals surface area contributed by atoms with E-state index < -0.39 is 0 Å². The summed E-state index contributed by atoms with van der Waals surface area (Å²) in [6, 6.07) is 0. The number of allylic oxidation sites excluding steroid dienone is 2. The maximum Gasteiger partial charge on any atom is 0.0642 e. The van der Waals surface area contributed by atoms with Gasteiger partial charge in [-0.15, -0.1) is 0 Å². The molecule has 0 aromatic rings. The van der Waals surface area contributed by atoms with Crippen molar-refractivity contribution in [2.45, 2.75) is 58.3 Å². The smallest absolute Gasteiger partial charge is 0.0642 e. The molecular weight excluding hydrogens is 320 g/mol. The molecule has 0 amide bonds. The fourth-order valence-corrected chi connectivity index (χ4v) is 2.91. The number of hydrogen-bond donors (Lipinski definition) is 5. The van der Waals surface area contributed by atoms with E-state index in [0.717, 1.165) is 56.9 Å². The molecule has 0 rings (SSSR count). The van der Waals surface area contributed by atoms with Gasteiger partial charge in [-0.3, -0.25) is 0 Å². The van der Waals surface area contributed by atoms with Gasteiger partial charge in [0.25, 0.3) is 0 Å². The fraction of sp³-hybridized carbons (Fsp3) is 0.800. The molecule has 0 fully saturated rings. The van der Waals surface area contributed by atoms with Crippen LogP contribution in [0.5, 0.6) is 0 Å². The molecule has 0 bridgehead atoms. The zero-order valence-corrected chi connectivity index (χ0v) is 15.7. The Hall–Kier alpha value is -0.720. The molecule has 0 aromatic heterocycles. The Labute approximate surface area is 152 Å². The zero-order valence-electron chi connectivity index (χ0n) is 15.7. The Morgan fingerprint density at radius 2 is 1.36 bits per heavy atom. The van der Waals surface area contributed by atoms with Crippen LogP contribution in [0.15, 0.2) is 23.3 Å². The van der Waals surface area contributed by atoms with Gasteiger partial charge >= 0.3 is 0 Å². The van der Waals surface area contributed by atoms with Crippen LogP contribution in [0.2, 0.25) is 0 Å². The van der Waals surface area contributed by atoms with Crippen molar-refractivity contribution < 1.29 is 25.5 Å². The lowest BCUT2D eigenvalue weighted by Crippen LogP contribution is -2.12. The number of aliphatic hydroxyl groups excluding tert-OH is 5. The molecule has 148 valence electrons. The van der Waals surface area contributed by atoms with E-state index in [9.17, 15) is 5.11 Å². The van der Waals surface area contributed by atoms with Gasteiger partial charge in [-0.05, 0) is 63.4 Å². The van der Waals surface area contributed by atoms with E-state index in [0.29, 0.717) is 5.92 Å². The summed E-state index contributed by atoms with van der Waals surface area (Å²) < 4.78 is 0. The second kappa shape index (κ2) is 16.7. The molecule has 0 saturated carbocycles. The third-order valence-electron chi connectivity index (χ3n) is 4.72. The summed E-state index contributed by atoms with van der Waals surface area (Å²) in [6.45, 7) is 2.32. The van der Waals surface area contributed by atoms with Crippen molar-refractivity contribution in [1.82, 2.24) is 0 Å². The van der Waals surface area contributed by atoms with Crippen molar-refractivity contribution in [3.05, 3.63) is 23.3 Å². The first-order valence-electron chi connectivity index (χ1n) is 9.49. The van der Waals surface area contributed by atoms with Gasteiger partial charge in [0, 0.05) is 25.7 Å². The Bertz CT molecular complexity index is 361. The largest absolute Gasteiger partial charge is 0.396 e. The van der Waals surface area contributed by atoms with Crippen LogP contribution >= 0.6 is 0 Å². The normalized spacial score (nSPS) is 14.4. The summed E-state index contributed by atoms with van der Waals surface area (Å²) in [5.41, 5.74) is 2.19. The highest BCUT2D eigenvalue weighted by Gasteiger charge is 2.10. The number of rotatable bonds is 16. The highest BCUT2D eigenvalue weighted by atomic mass is 16.3. The van der Waals surface area contributed by atoms with Gasteiger partial charge in [0.05, 0.1) is 13.2 Å². The van der Waals surface area contributed by atoms with E-state index in [4.69, 9.17) is 20.4 Å². The monoisotopic (exact) mass is 358 g/mol. The van der Waals surface area contributed by atoms with Crippen LogP contribution in [0.25, 0.3) is 0 Å². The zero-order chi connectivity index (χ0) is 18.9. The fourth-order valence-electron chi connectivity index (χ4n) is 2.91. The van der Waals surface area contributed by atoms with E-state index >= 15 is 0 Å². The van der Waals surface area contributed by atoms with Gasteiger partial charge in [0.1, 0.15) is 0 Å². The lowest BCUT2D eigenvalue weighted by atomic mass is 9.93. The van der Waals surface area contributed by atoms with Gasteiger partial charge in [0.2, 0.25) is 0 Å². The minimum absolute atomic E-state index is 0.000945. The van der Waals surface area contributed by atoms with Crippen LogP contribution < -0.4 is 0 Å². The van der Waals surface area contributed by atoms with E-state index in [1.807, 2.05) is 0 Å². The maximum absolute atomic E-state index is 9.49. The average Bonchev–Trinajstić information content (AvgIpc) is 2.63. The Kier molecular flexibility index (Phi) is 16.3. The summed E-state index contributed by atoms with van der Waals surface area (Å²) >= 11 is 0. The van der Waals surface area contributed by atoms with Crippen molar-refractivity contribution in [2.24, 2.45) is 11.8 Å². The topological polar surface area (TPSA) is 101 Å². The van der Waals surface area contributed by atoms with Crippen LogP contribution in [0.1, 0.15) is 58.3 Å². The average molecular weight is 359 g/mol. The predicted molar refractivity (Wildman–Crippen MR) is 101 cm³/mol. The van der Waals surface area contributed by atoms with Gasteiger partial charge in [-0.25, -0.2) is 0 Å². The first-order chi connectivity index (χ1) is 12.1. The van der Waals surface area contributed by atoms with Crippen LogP contribution in [-0.4, -0.2) is 58.6 Å². The molecule has 0 heterocycles. The quantitative estimate of drug-likeness (QED) is 0.272. The van der Waals surface area contributed by atoms with E-state index in [1.165, 1.54) is 5.57 Å². The molecule has 1 atom stereocenters. The lowest BCUT2D eigenvalue weighted by Gasteiger charge is -2.16. The maximum atomic E-state index is 9.49. The second-order valence-corrected chi connectivity index (χ2v) is 6.90. The second-order valence-electron chi connectivity index (χ2n) is 6.90. The van der Waals surface area contributed by atoms with Crippen molar-refractivity contribution in [3.8, 4) is 0 Å². The Morgan fingerprint density at radius 3 is 1.92 bits per heavy atom. The van der Waals surface area contributed by atoms with Gasteiger partial charge in [-0.1, -0.05) is 24.1 Å². The summed E-state index contributed by atoms with van der Waals surface area (Å²) in [5.74, 6) is 0.257. The molecule has 0 saturated heterocycles. The summed E-state index contributed by atoms with van der Waals surface area (Å²) in [6.07, 6.45) is 11.2. The van der Waals surface area contributed by atoms with Crippen LogP contribution in [0.4, 0.5) is 0 Å². The number of aliphatic hydroxyl groups is 5. The van der Waals surface area contributed by atoms with Gasteiger partial charge < -0.3 is 25.5 Å². The van der Waals surface area contributed by atoms with Crippen molar-refractivity contribution in [1.29, 1.82) is 0 Å². The third kappa shape index (κ3) is 13.2. The van der Waals surface area contributed by atoms with Gasteiger partial charge in [-0.2, -0.15) is 0 Å². The first kappa shape index (κ1) is 24.3. The molecule has 1 unspecified atom stereocenters. The molecule has 5 N–H and O–H groups in total. The standard InChI is InChI=1S/C20H38O5/c1-17(6-3-8-19(14-23)11-12-21)5-2-7-18(13-22)9-4-10-20(15-24)16-25/h6,11,18,20-25H,2-5,7-10,12-16H2,1H3. The molecule has 5 nitrogen and oxygen atoms in total. The Balaban J connectivity index is 3.96. The SMILES string of the molecule is CC(=CCCC(=CCO)CO)CCCC(CO)CCCC(CO)CO. The molecule has 0 aromatic carbocycles. The van der Waals surface area contributed by atoms with Crippen LogP contribution in [0, 0.1) is 11.8 Å². The van der Waals surface area contributed by atoms with Crippen LogP contribution in [0.3, 0.4) is 0 Å². The number of hydrogen-bond acceptors (Lipinski definition) is 5. The molecule has 0 spiro atoms. The molecule has 0 radical (unpaired) electrons. The summed E-state index contributed by atoms with van der Waals surface area (Å²) in [5, 5.41) is 45.6. The Morgan fingerprint density at radius 1 is 0.760 bits per heavy atom. The minimum Gasteiger partial charge on any atom is -0.396 e. The molecule has 0 aliphatic carbocycles. The molecule has 25 heavy (non-hydrogen) atoms. The van der Waals surface area contributed by atoms with Crippen molar-refractivity contribution >= 4 is 0 Å². The minimum atomic E-state index is -0.0341. The third-order valence-corrected chi connectivity index (χ3v) is 4.72. The van der Waals surface area contributed by atoms with Crippen molar-refractivity contribution in [2.75, 3.05) is 33.0 Å². The molecule has 0 aliphatic heterocycles. The molecular formula is C20H38O5. The highest BCUT2D eigenvalue weighted by Crippen LogP contribution is 2.20. The summed E-state index contributed by atoms with van der Waals surface area (Å²) in [7, 11) is 0. The predicted octanol–water partition coefficient (Wildman–Crippen LogP) is 2.17. The van der Waals surface area contributed by atoms with Crippen molar-refractivity contribution in [3.63, 3.8) is 0 Å². The molecule has 0 aliphatic rings. The van der Waals surface area contributed by atoms with Gasteiger partial charge in [0.15, 0.2) is 0 Å². The molecule has 5 heteroatoms. The van der Waals surface area contributed by atoms with E-state index in [2.05, 4.69) is 13.0 Å². The van der Waals surface area contributed by atoms with E-state index in [1.54, 1.807) is 6.08 Å². The van der Waals surface area contributed by atoms with E-state index in [-0.39, 0.29) is 39.0 Å². The van der Waals surface area contributed by atoms with Crippen LogP contribution in [-0.2, 0) is 0 Å². The summed E-state index contributed by atoms with van der Waals surface area (Å²) in [4.78, 5) is 0. The highest BCUT2D eigenvalue weighted by molar-refractivity contribution is 5.06. The lowest BCUT2D eigenvalue weighted by molar-refractivity contribution is 0.137.